The predicted octanol–water partition coefficient (Wildman–Crippen LogP) is 2.90. The van der Waals surface area contributed by atoms with Crippen molar-refractivity contribution in [2.24, 2.45) is 12.8 Å². The van der Waals surface area contributed by atoms with Gasteiger partial charge in [-0.3, -0.25) is 4.98 Å². The Morgan fingerprint density at radius 2 is 1.64 bits per heavy atom. The summed E-state index contributed by atoms with van der Waals surface area (Å²) >= 11 is 0. The van der Waals surface area contributed by atoms with Crippen LogP contribution in [0.25, 0.3) is 0 Å². The molecule has 2 aromatic carbocycles. The van der Waals surface area contributed by atoms with E-state index in [1.165, 1.54) is 38.1 Å². The number of nitrogens with one attached hydrogen (secondary N) is 1. The van der Waals surface area contributed by atoms with Gasteiger partial charge in [-0.1, -0.05) is 47.5 Å². The normalized spacial score (nSPS) is 16.2. The highest BCUT2D eigenvalue weighted by molar-refractivity contribution is 5.55. The fourth-order valence-electron chi connectivity index (χ4n) is 4.76. The summed E-state index contributed by atoms with van der Waals surface area (Å²) in [4.78, 5) is 15.4. The minimum absolute atomic E-state index is 0.0630. The smallest absolute Gasteiger partial charge is 0.328 e. The Balaban J connectivity index is 2.14. The quantitative estimate of drug-likeness (QED) is 0.738. The van der Waals surface area contributed by atoms with Gasteiger partial charge in [0.05, 0.1) is 5.41 Å². The van der Waals surface area contributed by atoms with Gasteiger partial charge < -0.3 is 5.73 Å². The van der Waals surface area contributed by atoms with Crippen molar-refractivity contribution in [3.8, 4) is 0 Å². The van der Waals surface area contributed by atoms with E-state index in [1.54, 1.807) is 7.05 Å². The SMILES string of the molecule is Cc1ccc2c(c1)CCc1cc(C)ccc1C2(C[C@H](C)N)c1nn(C)c(=O)[nH]1. The summed E-state index contributed by atoms with van der Waals surface area (Å²) < 4.78 is 1.38. The van der Waals surface area contributed by atoms with Crippen LogP contribution in [0.4, 0.5) is 0 Å². The average molecular weight is 377 g/mol. The number of hydrogen-bond donors (Lipinski definition) is 2. The van der Waals surface area contributed by atoms with E-state index in [-0.39, 0.29) is 11.7 Å². The Morgan fingerprint density at radius 3 is 2.07 bits per heavy atom. The van der Waals surface area contributed by atoms with E-state index >= 15 is 0 Å². The van der Waals surface area contributed by atoms with Crippen LogP contribution in [0.2, 0.25) is 0 Å². The zero-order valence-electron chi connectivity index (χ0n) is 17.0. The molecule has 146 valence electrons. The zero-order chi connectivity index (χ0) is 20.1. The molecule has 0 fully saturated rings. The molecule has 3 aromatic rings. The first-order valence-corrected chi connectivity index (χ1v) is 9.90. The first-order valence-electron chi connectivity index (χ1n) is 9.90. The van der Waals surface area contributed by atoms with Crippen LogP contribution in [0.3, 0.4) is 0 Å². The van der Waals surface area contributed by atoms with Crippen molar-refractivity contribution < 1.29 is 0 Å². The van der Waals surface area contributed by atoms with E-state index in [2.05, 4.69) is 60.3 Å². The van der Waals surface area contributed by atoms with Gasteiger partial charge in [-0.2, -0.15) is 5.10 Å². The third kappa shape index (κ3) is 2.90. The van der Waals surface area contributed by atoms with E-state index < -0.39 is 5.41 Å². The van der Waals surface area contributed by atoms with Crippen molar-refractivity contribution in [2.45, 2.75) is 51.5 Å². The minimum atomic E-state index is -0.572. The molecule has 0 bridgehead atoms. The number of nitrogens with two attached hydrogens (primary N) is 1. The third-order valence-electron chi connectivity index (χ3n) is 5.91. The molecular weight excluding hydrogens is 348 g/mol. The summed E-state index contributed by atoms with van der Waals surface area (Å²) in [5, 5.41) is 4.64. The molecule has 4 rings (SSSR count). The highest BCUT2D eigenvalue weighted by Crippen LogP contribution is 2.46. The number of fused-ring (bicyclic) bond motifs is 2. The molecule has 1 aromatic heterocycles. The van der Waals surface area contributed by atoms with Gasteiger partial charge in [0.1, 0.15) is 5.82 Å². The third-order valence-corrected chi connectivity index (χ3v) is 5.91. The van der Waals surface area contributed by atoms with E-state index in [0.29, 0.717) is 12.2 Å². The maximum absolute atomic E-state index is 12.3. The highest BCUT2D eigenvalue weighted by Gasteiger charge is 2.44. The monoisotopic (exact) mass is 376 g/mol. The Bertz CT molecular complexity index is 1040. The number of aryl methyl sites for hydroxylation is 5. The van der Waals surface area contributed by atoms with Crippen LogP contribution in [0.1, 0.15) is 52.5 Å². The van der Waals surface area contributed by atoms with Crippen LogP contribution in [0, 0.1) is 13.8 Å². The second-order valence-electron chi connectivity index (χ2n) is 8.31. The molecular formula is C23H28N4O. The van der Waals surface area contributed by atoms with Crippen molar-refractivity contribution >= 4 is 0 Å². The molecule has 0 radical (unpaired) electrons. The zero-order valence-corrected chi connectivity index (χ0v) is 17.0. The highest BCUT2D eigenvalue weighted by atomic mass is 16.1. The van der Waals surface area contributed by atoms with Gasteiger partial charge in [0.2, 0.25) is 0 Å². The van der Waals surface area contributed by atoms with Crippen LogP contribution in [0.15, 0.2) is 41.2 Å². The van der Waals surface area contributed by atoms with E-state index in [9.17, 15) is 4.79 Å². The number of aromatic nitrogens is 3. The molecule has 0 saturated carbocycles. The fraction of sp³-hybridized carbons (Fsp3) is 0.391. The number of benzene rings is 2. The van der Waals surface area contributed by atoms with Gasteiger partial charge in [0.15, 0.2) is 0 Å². The number of H-pyrrole nitrogens is 1. The van der Waals surface area contributed by atoms with E-state index in [1.807, 2.05) is 6.92 Å². The molecule has 0 spiro atoms. The summed E-state index contributed by atoms with van der Waals surface area (Å²) in [7, 11) is 1.69. The summed E-state index contributed by atoms with van der Waals surface area (Å²) in [5.41, 5.74) is 13.1. The topological polar surface area (TPSA) is 76.7 Å². The first kappa shape index (κ1) is 18.7. The lowest BCUT2D eigenvalue weighted by molar-refractivity contribution is 0.472. The first-order chi connectivity index (χ1) is 13.3. The lowest BCUT2D eigenvalue weighted by Gasteiger charge is -2.36. The number of nitrogens with zero attached hydrogens (tertiary/aromatic N) is 2. The van der Waals surface area contributed by atoms with Crippen LogP contribution in [-0.4, -0.2) is 20.8 Å². The Hall–Kier alpha value is -2.66. The fourth-order valence-corrected chi connectivity index (χ4v) is 4.76. The molecule has 0 saturated heterocycles. The van der Waals surface area contributed by atoms with Gasteiger partial charge in [-0.25, -0.2) is 9.48 Å². The summed E-state index contributed by atoms with van der Waals surface area (Å²) in [6.45, 7) is 6.27. The molecule has 1 aliphatic carbocycles. The summed E-state index contributed by atoms with van der Waals surface area (Å²) in [6, 6.07) is 13.2. The molecule has 1 aliphatic rings. The Labute approximate surface area is 165 Å². The van der Waals surface area contributed by atoms with Crippen molar-refractivity contribution in [3.63, 3.8) is 0 Å². The number of hydrogen-bond acceptors (Lipinski definition) is 3. The molecule has 3 N–H and O–H groups in total. The average Bonchev–Trinajstić information content (AvgIpc) is 2.91. The second-order valence-corrected chi connectivity index (χ2v) is 8.31. The molecule has 28 heavy (non-hydrogen) atoms. The minimum Gasteiger partial charge on any atom is -0.328 e. The number of aromatic amines is 1. The molecule has 0 amide bonds. The molecule has 5 nitrogen and oxygen atoms in total. The van der Waals surface area contributed by atoms with E-state index in [4.69, 9.17) is 5.73 Å². The van der Waals surface area contributed by atoms with Gasteiger partial charge in [-0.15, -0.1) is 0 Å². The maximum Gasteiger partial charge on any atom is 0.343 e. The lowest BCUT2D eigenvalue weighted by atomic mass is 9.68. The van der Waals surface area contributed by atoms with Crippen LogP contribution < -0.4 is 11.4 Å². The molecule has 1 heterocycles. The Morgan fingerprint density at radius 1 is 1.11 bits per heavy atom. The largest absolute Gasteiger partial charge is 0.343 e. The standard InChI is InChI=1S/C23H28N4O/c1-14-5-9-19-17(11-14)7-8-18-12-15(2)6-10-20(18)23(19,13-16(3)24)21-25-22(28)27(4)26-21/h5-6,9-12,16H,7-8,13,24H2,1-4H3,(H,25,26,28)/t16-/m0/s1. The molecule has 1 atom stereocenters. The summed E-state index contributed by atoms with van der Waals surface area (Å²) in [5.74, 6) is 0.675. The van der Waals surface area contributed by atoms with Crippen molar-refractivity contribution in [1.29, 1.82) is 0 Å². The van der Waals surface area contributed by atoms with Crippen LogP contribution in [0.5, 0.6) is 0 Å². The predicted molar refractivity (Wildman–Crippen MR) is 112 cm³/mol. The van der Waals surface area contributed by atoms with Gasteiger partial charge >= 0.3 is 5.69 Å². The molecule has 0 unspecified atom stereocenters. The van der Waals surface area contributed by atoms with E-state index in [0.717, 1.165) is 12.8 Å². The maximum atomic E-state index is 12.3. The molecule has 0 aliphatic heterocycles. The van der Waals surface area contributed by atoms with Crippen molar-refractivity contribution in [3.05, 3.63) is 86.1 Å². The van der Waals surface area contributed by atoms with Gasteiger partial charge in [0.25, 0.3) is 0 Å². The van der Waals surface area contributed by atoms with Gasteiger partial charge in [-0.05, 0) is 62.3 Å². The molecule has 5 heteroatoms. The van der Waals surface area contributed by atoms with Crippen molar-refractivity contribution in [1.82, 2.24) is 14.8 Å². The van der Waals surface area contributed by atoms with Crippen LogP contribution in [-0.2, 0) is 25.3 Å². The second kappa shape index (κ2) is 6.74. The number of rotatable bonds is 3. The summed E-state index contributed by atoms with van der Waals surface area (Å²) in [6.07, 6.45) is 2.60. The van der Waals surface area contributed by atoms with Crippen molar-refractivity contribution in [2.75, 3.05) is 0 Å². The Kier molecular flexibility index (Phi) is 4.50. The lowest BCUT2D eigenvalue weighted by Crippen LogP contribution is -2.38. The van der Waals surface area contributed by atoms with Gasteiger partial charge in [0, 0.05) is 13.1 Å². The van der Waals surface area contributed by atoms with Crippen LogP contribution >= 0.6 is 0 Å².